The van der Waals surface area contributed by atoms with Crippen molar-refractivity contribution in [2.45, 2.75) is 6.10 Å². The van der Waals surface area contributed by atoms with Crippen LogP contribution in [-0.4, -0.2) is 60.5 Å². The van der Waals surface area contributed by atoms with Gasteiger partial charge in [-0.25, -0.2) is 4.98 Å². The summed E-state index contributed by atoms with van der Waals surface area (Å²) in [5.41, 5.74) is 0.180. The van der Waals surface area contributed by atoms with E-state index in [0.29, 0.717) is 37.1 Å². The summed E-state index contributed by atoms with van der Waals surface area (Å²) in [4.78, 5) is 6.22. The number of aliphatic hydroxyl groups is 1. The minimum absolute atomic E-state index is 0.180. The lowest BCUT2D eigenvalue weighted by Crippen LogP contribution is -2.42. The predicted octanol–water partition coefficient (Wildman–Crippen LogP) is 0.712. The first kappa shape index (κ1) is 15.0. The number of β-amino-alcohol motifs (C(OH)–C–C–N with tert-alkyl or cyclic N) is 1. The van der Waals surface area contributed by atoms with Crippen LogP contribution in [-0.2, 0) is 4.74 Å². The Hall–Kier alpha value is -1.39. The Morgan fingerprint density at radius 2 is 2.25 bits per heavy atom. The maximum atomic E-state index is 9.98. The van der Waals surface area contributed by atoms with E-state index >= 15 is 0 Å². The van der Waals surface area contributed by atoms with Crippen molar-refractivity contribution in [1.29, 1.82) is 5.26 Å². The minimum Gasteiger partial charge on any atom is -0.390 e. The van der Waals surface area contributed by atoms with Crippen LogP contribution < -0.4 is 5.32 Å². The zero-order valence-corrected chi connectivity index (χ0v) is 11.8. The lowest BCUT2D eigenvalue weighted by molar-refractivity contribution is 0.0171. The van der Waals surface area contributed by atoms with E-state index in [0.717, 1.165) is 13.1 Å². The number of rotatable bonds is 5. The Morgan fingerprint density at radius 3 is 2.95 bits per heavy atom. The number of aliphatic hydroxyl groups excluding tert-OH is 1. The van der Waals surface area contributed by atoms with Crippen molar-refractivity contribution < 1.29 is 9.84 Å². The number of hydrogen-bond acceptors (Lipinski definition) is 6. The zero-order valence-electron chi connectivity index (χ0n) is 11.0. The van der Waals surface area contributed by atoms with E-state index in [1.54, 1.807) is 12.1 Å². The summed E-state index contributed by atoms with van der Waals surface area (Å²) in [6.45, 7) is 4.07. The van der Waals surface area contributed by atoms with Gasteiger partial charge in [0.15, 0.2) is 5.69 Å². The number of nitrogens with zero attached hydrogens (tertiary/aromatic N) is 3. The van der Waals surface area contributed by atoms with Crippen LogP contribution in [0.1, 0.15) is 5.69 Å². The molecule has 1 aliphatic heterocycles. The molecule has 1 aromatic rings. The number of hydrogen-bond donors (Lipinski definition) is 2. The Balaban J connectivity index is 1.80. The first-order valence-electron chi connectivity index (χ1n) is 6.47. The molecule has 2 rings (SSSR count). The van der Waals surface area contributed by atoms with Gasteiger partial charge >= 0.3 is 0 Å². The number of nitrogens with one attached hydrogen (secondary N) is 1. The largest absolute Gasteiger partial charge is 0.390 e. The molecule has 0 aromatic carbocycles. The van der Waals surface area contributed by atoms with Crippen molar-refractivity contribution in [2.24, 2.45) is 0 Å². The van der Waals surface area contributed by atoms with E-state index in [-0.39, 0.29) is 5.69 Å². The molecular formula is C13H17ClN4O2. The van der Waals surface area contributed by atoms with Crippen molar-refractivity contribution in [3.05, 3.63) is 22.8 Å². The molecule has 108 valence electrons. The van der Waals surface area contributed by atoms with Gasteiger partial charge in [-0.3, -0.25) is 4.90 Å². The van der Waals surface area contributed by atoms with Crippen LogP contribution in [0.5, 0.6) is 0 Å². The van der Waals surface area contributed by atoms with Gasteiger partial charge in [0.05, 0.1) is 24.3 Å². The van der Waals surface area contributed by atoms with Gasteiger partial charge in [-0.1, -0.05) is 11.6 Å². The molecule has 1 fully saturated rings. The molecule has 0 amide bonds. The van der Waals surface area contributed by atoms with Crippen LogP contribution in [0.4, 0.5) is 5.82 Å². The maximum Gasteiger partial charge on any atom is 0.161 e. The van der Waals surface area contributed by atoms with E-state index in [2.05, 4.69) is 15.2 Å². The molecule has 6 nitrogen and oxygen atoms in total. The Bertz CT molecular complexity index is 486. The van der Waals surface area contributed by atoms with Crippen LogP contribution in [0.3, 0.4) is 0 Å². The highest BCUT2D eigenvalue weighted by Gasteiger charge is 2.14. The number of aromatic nitrogens is 1. The number of morpholine rings is 1. The fourth-order valence-electron chi connectivity index (χ4n) is 1.99. The third-order valence-corrected chi connectivity index (χ3v) is 3.35. The van der Waals surface area contributed by atoms with Crippen molar-refractivity contribution in [3.63, 3.8) is 0 Å². The summed E-state index contributed by atoms with van der Waals surface area (Å²) in [5, 5.41) is 22.2. The number of nitriles is 1. The van der Waals surface area contributed by atoms with Gasteiger partial charge in [0.1, 0.15) is 11.9 Å². The van der Waals surface area contributed by atoms with Gasteiger partial charge in [-0.2, -0.15) is 5.26 Å². The average Bonchev–Trinajstić information content (AvgIpc) is 2.47. The molecule has 1 aromatic heterocycles. The van der Waals surface area contributed by atoms with Gasteiger partial charge in [-0.05, 0) is 12.1 Å². The molecular weight excluding hydrogens is 280 g/mol. The standard InChI is InChI=1S/C13H17ClN4O2/c14-11-1-2-13(17-12(11)7-15)16-8-10(19)9-18-3-5-20-6-4-18/h1-2,10,19H,3-6,8-9H2,(H,16,17). The second-order valence-electron chi connectivity index (χ2n) is 4.59. The highest BCUT2D eigenvalue weighted by molar-refractivity contribution is 6.31. The third-order valence-electron chi connectivity index (χ3n) is 3.04. The number of anilines is 1. The normalized spacial score (nSPS) is 17.4. The van der Waals surface area contributed by atoms with Gasteiger partial charge < -0.3 is 15.2 Å². The van der Waals surface area contributed by atoms with Gasteiger partial charge in [0.25, 0.3) is 0 Å². The summed E-state index contributed by atoms with van der Waals surface area (Å²) < 4.78 is 5.26. The molecule has 0 saturated carbocycles. The first-order valence-corrected chi connectivity index (χ1v) is 6.85. The lowest BCUT2D eigenvalue weighted by Gasteiger charge is -2.28. The molecule has 0 bridgehead atoms. The predicted molar refractivity (Wildman–Crippen MR) is 75.7 cm³/mol. The molecule has 1 unspecified atom stereocenters. The van der Waals surface area contributed by atoms with Crippen LogP contribution in [0.15, 0.2) is 12.1 Å². The molecule has 0 aliphatic carbocycles. The van der Waals surface area contributed by atoms with Gasteiger partial charge in [0, 0.05) is 26.2 Å². The van der Waals surface area contributed by atoms with Crippen LogP contribution >= 0.6 is 11.6 Å². The van der Waals surface area contributed by atoms with Crippen molar-refractivity contribution in [1.82, 2.24) is 9.88 Å². The van der Waals surface area contributed by atoms with Crippen molar-refractivity contribution in [2.75, 3.05) is 44.7 Å². The Kier molecular flexibility index (Phi) is 5.56. The highest BCUT2D eigenvalue weighted by atomic mass is 35.5. The number of pyridine rings is 1. The average molecular weight is 297 g/mol. The summed E-state index contributed by atoms with van der Waals surface area (Å²) in [6.07, 6.45) is -0.504. The van der Waals surface area contributed by atoms with Crippen LogP contribution in [0, 0.1) is 11.3 Å². The van der Waals surface area contributed by atoms with E-state index in [4.69, 9.17) is 21.6 Å². The quantitative estimate of drug-likeness (QED) is 0.833. The van der Waals surface area contributed by atoms with E-state index in [1.165, 1.54) is 0 Å². The fourth-order valence-corrected chi connectivity index (χ4v) is 2.14. The molecule has 0 spiro atoms. The third kappa shape index (κ3) is 4.32. The van der Waals surface area contributed by atoms with E-state index < -0.39 is 6.10 Å². The Morgan fingerprint density at radius 1 is 1.50 bits per heavy atom. The maximum absolute atomic E-state index is 9.98. The number of halogens is 1. The van der Waals surface area contributed by atoms with Crippen LogP contribution in [0.25, 0.3) is 0 Å². The molecule has 20 heavy (non-hydrogen) atoms. The molecule has 1 atom stereocenters. The van der Waals surface area contributed by atoms with Crippen LogP contribution in [0.2, 0.25) is 5.02 Å². The number of ether oxygens (including phenoxy) is 1. The summed E-state index contributed by atoms with van der Waals surface area (Å²) >= 11 is 5.81. The van der Waals surface area contributed by atoms with E-state index in [1.807, 2.05) is 6.07 Å². The van der Waals surface area contributed by atoms with Gasteiger partial charge in [-0.15, -0.1) is 0 Å². The molecule has 0 radical (unpaired) electrons. The smallest absolute Gasteiger partial charge is 0.161 e. The van der Waals surface area contributed by atoms with E-state index in [9.17, 15) is 5.11 Å². The molecule has 2 N–H and O–H groups in total. The van der Waals surface area contributed by atoms with Crippen molar-refractivity contribution >= 4 is 17.4 Å². The summed E-state index contributed by atoms with van der Waals surface area (Å²) in [5.74, 6) is 0.534. The highest BCUT2D eigenvalue weighted by Crippen LogP contribution is 2.15. The monoisotopic (exact) mass is 296 g/mol. The second-order valence-corrected chi connectivity index (χ2v) is 4.99. The molecule has 1 aliphatic rings. The second kappa shape index (κ2) is 7.41. The molecule has 2 heterocycles. The fraction of sp³-hybridized carbons (Fsp3) is 0.538. The minimum atomic E-state index is -0.504. The SMILES string of the molecule is N#Cc1nc(NCC(O)CN2CCOCC2)ccc1Cl. The molecule has 1 saturated heterocycles. The topological polar surface area (TPSA) is 81.4 Å². The van der Waals surface area contributed by atoms with Gasteiger partial charge in [0.2, 0.25) is 0 Å². The van der Waals surface area contributed by atoms with Crippen molar-refractivity contribution in [3.8, 4) is 6.07 Å². The first-order chi connectivity index (χ1) is 9.69. The summed E-state index contributed by atoms with van der Waals surface area (Å²) in [6, 6.07) is 5.22. The lowest BCUT2D eigenvalue weighted by atomic mass is 10.3. The summed E-state index contributed by atoms with van der Waals surface area (Å²) in [7, 11) is 0. The zero-order chi connectivity index (χ0) is 14.4. The Labute approximate surface area is 122 Å². The molecule has 7 heteroatoms.